The molecule has 1 aliphatic carbocycles. The fourth-order valence-corrected chi connectivity index (χ4v) is 2.21. The lowest BCUT2D eigenvalue weighted by Crippen LogP contribution is -2.08. The molecule has 0 atom stereocenters. The molecule has 2 heteroatoms. The predicted octanol–water partition coefficient (Wildman–Crippen LogP) is 2.97. The van der Waals surface area contributed by atoms with E-state index < -0.39 is 0 Å². The van der Waals surface area contributed by atoms with Crippen LogP contribution in [-0.2, 0) is 6.42 Å². The largest absolute Gasteiger partial charge is 0.246 e. The first-order valence-electron chi connectivity index (χ1n) is 4.34. The number of aromatic nitrogens is 1. The molecule has 1 fully saturated rings. The van der Waals surface area contributed by atoms with Crippen LogP contribution in [0.4, 0.5) is 0 Å². The molecule has 0 N–H and O–H groups in total. The highest BCUT2D eigenvalue weighted by atomic mass is 32.1. The Morgan fingerprint density at radius 3 is 2.91 bits per heavy atom. The minimum Gasteiger partial charge on any atom is -0.246 e. The van der Waals surface area contributed by atoms with Crippen molar-refractivity contribution in [3.63, 3.8) is 0 Å². The summed E-state index contributed by atoms with van der Waals surface area (Å²) in [7, 11) is 0. The minimum atomic E-state index is 0.812. The van der Waals surface area contributed by atoms with Crippen LogP contribution in [-0.4, -0.2) is 4.98 Å². The van der Waals surface area contributed by atoms with Gasteiger partial charge in [0.1, 0.15) is 0 Å². The van der Waals surface area contributed by atoms with Crippen molar-refractivity contribution >= 4 is 11.3 Å². The maximum Gasteiger partial charge on any atom is 0.0925 e. The van der Waals surface area contributed by atoms with Crippen LogP contribution < -0.4 is 0 Å². The summed E-state index contributed by atoms with van der Waals surface area (Å²) < 4.78 is 0. The van der Waals surface area contributed by atoms with Crippen molar-refractivity contribution in [2.45, 2.75) is 38.5 Å². The van der Waals surface area contributed by atoms with E-state index in [2.05, 4.69) is 17.3 Å². The van der Waals surface area contributed by atoms with Gasteiger partial charge in [0, 0.05) is 11.3 Å². The number of nitrogens with zero attached hydrogens (tertiary/aromatic N) is 1. The van der Waals surface area contributed by atoms with E-state index in [1.165, 1.54) is 30.0 Å². The summed E-state index contributed by atoms with van der Waals surface area (Å²) in [6.45, 7) is 2.17. The Kier molecular flexibility index (Phi) is 1.95. The highest BCUT2D eigenvalue weighted by Crippen LogP contribution is 2.36. The van der Waals surface area contributed by atoms with Gasteiger partial charge in [-0.25, -0.2) is 4.98 Å². The van der Waals surface area contributed by atoms with Crippen molar-refractivity contribution < 1.29 is 0 Å². The van der Waals surface area contributed by atoms with E-state index in [1.54, 1.807) is 0 Å². The van der Waals surface area contributed by atoms with Crippen molar-refractivity contribution in [3.8, 4) is 0 Å². The SMILES string of the molecule is CCc1nc(C2CCC2)cs1. The quantitative estimate of drug-likeness (QED) is 0.660. The second-order valence-electron chi connectivity index (χ2n) is 3.15. The molecule has 0 amide bonds. The molecule has 1 aliphatic rings. The van der Waals surface area contributed by atoms with E-state index in [1.807, 2.05) is 11.3 Å². The fraction of sp³-hybridized carbons (Fsp3) is 0.667. The Morgan fingerprint density at radius 2 is 2.45 bits per heavy atom. The Bertz CT molecular complexity index is 237. The van der Waals surface area contributed by atoms with E-state index in [4.69, 9.17) is 0 Å². The zero-order valence-electron chi connectivity index (χ0n) is 6.84. The lowest BCUT2D eigenvalue weighted by Gasteiger charge is -2.22. The predicted molar refractivity (Wildman–Crippen MR) is 48.1 cm³/mol. The standard InChI is InChI=1S/C9H13NS/c1-2-9-10-8(6-11-9)7-4-3-5-7/h6-7H,2-5H2,1H3. The molecule has 0 aliphatic heterocycles. The van der Waals surface area contributed by atoms with Gasteiger partial charge in [-0.1, -0.05) is 13.3 Å². The van der Waals surface area contributed by atoms with Crippen molar-refractivity contribution in [2.24, 2.45) is 0 Å². The summed E-state index contributed by atoms with van der Waals surface area (Å²) in [5.41, 5.74) is 1.36. The Labute approximate surface area is 71.5 Å². The van der Waals surface area contributed by atoms with Gasteiger partial charge >= 0.3 is 0 Å². The maximum atomic E-state index is 4.57. The second-order valence-corrected chi connectivity index (χ2v) is 4.09. The number of hydrogen-bond acceptors (Lipinski definition) is 2. The van der Waals surface area contributed by atoms with Crippen LogP contribution >= 0.6 is 11.3 Å². The summed E-state index contributed by atoms with van der Waals surface area (Å²) in [6.07, 6.45) is 5.24. The van der Waals surface area contributed by atoms with Gasteiger partial charge in [0.15, 0.2) is 0 Å². The average molecular weight is 167 g/mol. The summed E-state index contributed by atoms with van der Waals surface area (Å²) >= 11 is 1.82. The van der Waals surface area contributed by atoms with Gasteiger partial charge in [0.25, 0.3) is 0 Å². The molecule has 60 valence electrons. The number of thiazole rings is 1. The molecule has 0 radical (unpaired) electrons. The Morgan fingerprint density at radius 1 is 1.64 bits per heavy atom. The van der Waals surface area contributed by atoms with Gasteiger partial charge in [-0.2, -0.15) is 0 Å². The molecule has 1 aromatic heterocycles. The third-order valence-corrected chi connectivity index (χ3v) is 3.41. The smallest absolute Gasteiger partial charge is 0.0925 e. The molecule has 0 aromatic carbocycles. The fourth-order valence-electron chi connectivity index (χ4n) is 1.38. The molecule has 2 rings (SSSR count). The summed E-state index contributed by atoms with van der Waals surface area (Å²) in [5.74, 6) is 0.812. The second kappa shape index (κ2) is 2.94. The minimum absolute atomic E-state index is 0.812. The molecule has 1 aromatic rings. The monoisotopic (exact) mass is 167 g/mol. The lowest BCUT2D eigenvalue weighted by molar-refractivity contribution is 0.412. The highest BCUT2D eigenvalue weighted by Gasteiger charge is 2.21. The van der Waals surface area contributed by atoms with Gasteiger partial charge in [0.05, 0.1) is 10.7 Å². The van der Waals surface area contributed by atoms with Crippen molar-refractivity contribution in [1.82, 2.24) is 4.98 Å². The molecule has 0 unspecified atom stereocenters. The van der Waals surface area contributed by atoms with E-state index >= 15 is 0 Å². The lowest BCUT2D eigenvalue weighted by atomic mass is 9.83. The number of rotatable bonds is 2. The third-order valence-electron chi connectivity index (χ3n) is 2.40. The molecule has 1 nitrogen and oxygen atoms in total. The molecule has 11 heavy (non-hydrogen) atoms. The van der Waals surface area contributed by atoms with Gasteiger partial charge in [-0.05, 0) is 19.3 Å². The van der Waals surface area contributed by atoms with Crippen molar-refractivity contribution in [1.29, 1.82) is 0 Å². The molecular formula is C9H13NS. The van der Waals surface area contributed by atoms with E-state index in [-0.39, 0.29) is 0 Å². The van der Waals surface area contributed by atoms with Crippen LogP contribution in [0.5, 0.6) is 0 Å². The molecular weight excluding hydrogens is 154 g/mol. The normalized spacial score (nSPS) is 18.3. The summed E-state index contributed by atoms with van der Waals surface area (Å²) in [4.78, 5) is 4.57. The van der Waals surface area contributed by atoms with E-state index in [0.717, 1.165) is 12.3 Å². The van der Waals surface area contributed by atoms with Crippen LogP contribution in [0, 0.1) is 0 Å². The zero-order chi connectivity index (χ0) is 7.68. The van der Waals surface area contributed by atoms with Gasteiger partial charge in [-0.15, -0.1) is 11.3 Å². The van der Waals surface area contributed by atoms with Gasteiger partial charge in [0.2, 0.25) is 0 Å². The first kappa shape index (κ1) is 7.29. The maximum absolute atomic E-state index is 4.57. The first-order valence-corrected chi connectivity index (χ1v) is 5.22. The van der Waals surface area contributed by atoms with Crippen LogP contribution in [0.1, 0.15) is 42.8 Å². The number of aryl methyl sites for hydroxylation is 1. The molecule has 0 saturated heterocycles. The molecule has 1 heterocycles. The van der Waals surface area contributed by atoms with Gasteiger partial charge < -0.3 is 0 Å². The zero-order valence-corrected chi connectivity index (χ0v) is 7.66. The van der Waals surface area contributed by atoms with Gasteiger partial charge in [-0.3, -0.25) is 0 Å². The van der Waals surface area contributed by atoms with Crippen LogP contribution in [0.15, 0.2) is 5.38 Å². The molecule has 0 spiro atoms. The first-order chi connectivity index (χ1) is 5.40. The third kappa shape index (κ3) is 1.32. The van der Waals surface area contributed by atoms with Crippen LogP contribution in [0.3, 0.4) is 0 Å². The Hall–Kier alpha value is -0.370. The Balaban J connectivity index is 2.11. The van der Waals surface area contributed by atoms with Crippen molar-refractivity contribution in [3.05, 3.63) is 16.1 Å². The van der Waals surface area contributed by atoms with E-state index in [9.17, 15) is 0 Å². The van der Waals surface area contributed by atoms with Crippen LogP contribution in [0.2, 0.25) is 0 Å². The van der Waals surface area contributed by atoms with E-state index in [0.29, 0.717) is 0 Å². The average Bonchev–Trinajstić information content (AvgIpc) is 2.32. The highest BCUT2D eigenvalue weighted by molar-refractivity contribution is 7.09. The summed E-state index contributed by atoms with van der Waals surface area (Å²) in [6, 6.07) is 0. The molecule has 0 bridgehead atoms. The molecule has 1 saturated carbocycles. The number of hydrogen-bond donors (Lipinski definition) is 0. The topological polar surface area (TPSA) is 12.9 Å². The van der Waals surface area contributed by atoms with Crippen LogP contribution in [0.25, 0.3) is 0 Å². The summed E-state index contributed by atoms with van der Waals surface area (Å²) in [5, 5.41) is 3.54. The van der Waals surface area contributed by atoms with Crippen molar-refractivity contribution in [2.75, 3.05) is 0 Å².